The maximum Gasteiger partial charge on any atom is 0.240 e. The molecule has 10 heteroatoms. The number of halogens is 4. The number of amides is 1. The third-order valence-electron chi connectivity index (χ3n) is 6.49. The summed E-state index contributed by atoms with van der Waals surface area (Å²) in [6.07, 6.45) is 0.761. The lowest BCUT2D eigenvalue weighted by Gasteiger charge is -2.45. The highest BCUT2D eigenvalue weighted by molar-refractivity contribution is 5.84. The standard InChI is InChI=1S/C24H23F4N5O/c1-24(2)23-31-20(13-11-16(26)19(28)17(27)12-13)21(30-15-5-3-14(25)4-6-15)32(23)9-10-33(24)22(34)18-7-8-29-18/h3-6,11-12,18,29-30H,7-10H2,1-2H3/t18-/m0/s1. The van der Waals surface area contributed by atoms with E-state index in [2.05, 4.69) is 10.6 Å². The first-order chi connectivity index (χ1) is 16.2. The third kappa shape index (κ3) is 3.62. The van der Waals surface area contributed by atoms with Crippen LogP contribution in [0, 0.1) is 23.3 Å². The van der Waals surface area contributed by atoms with Crippen molar-refractivity contribution in [1.82, 2.24) is 19.8 Å². The molecule has 2 N–H and O–H groups in total. The Bertz CT molecular complexity index is 1240. The van der Waals surface area contributed by atoms with Gasteiger partial charge in [-0.15, -0.1) is 0 Å². The van der Waals surface area contributed by atoms with Crippen LogP contribution < -0.4 is 10.6 Å². The van der Waals surface area contributed by atoms with E-state index in [9.17, 15) is 22.4 Å². The molecule has 2 aromatic carbocycles. The van der Waals surface area contributed by atoms with Crippen LogP contribution in [-0.2, 0) is 16.9 Å². The Hall–Kier alpha value is -3.40. The first-order valence-electron chi connectivity index (χ1n) is 11.0. The molecule has 0 unspecified atom stereocenters. The lowest BCUT2D eigenvalue weighted by atomic mass is 9.95. The molecule has 2 aliphatic heterocycles. The second kappa shape index (κ2) is 8.12. The smallest absolute Gasteiger partial charge is 0.240 e. The lowest BCUT2D eigenvalue weighted by molar-refractivity contribution is -0.142. The van der Waals surface area contributed by atoms with E-state index >= 15 is 0 Å². The van der Waals surface area contributed by atoms with Crippen molar-refractivity contribution in [2.45, 2.75) is 38.4 Å². The number of benzene rings is 2. The second-order valence-electron chi connectivity index (χ2n) is 9.01. The van der Waals surface area contributed by atoms with Crippen molar-refractivity contribution in [2.24, 2.45) is 0 Å². The number of rotatable bonds is 4. The van der Waals surface area contributed by atoms with Gasteiger partial charge in [-0.3, -0.25) is 4.79 Å². The summed E-state index contributed by atoms with van der Waals surface area (Å²) >= 11 is 0. The summed E-state index contributed by atoms with van der Waals surface area (Å²) in [5.41, 5.74) is -0.0665. The molecule has 2 aliphatic rings. The molecule has 1 amide bonds. The molecule has 178 valence electrons. The molecule has 3 heterocycles. The zero-order valence-corrected chi connectivity index (χ0v) is 18.6. The fraction of sp³-hybridized carbons (Fsp3) is 0.333. The molecule has 0 radical (unpaired) electrons. The lowest BCUT2D eigenvalue weighted by Crippen LogP contribution is -2.60. The molecule has 5 rings (SSSR count). The Kier molecular flexibility index (Phi) is 5.35. The number of nitrogens with zero attached hydrogens (tertiary/aromatic N) is 3. The number of fused-ring (bicyclic) bond motifs is 1. The highest BCUT2D eigenvalue weighted by atomic mass is 19.2. The molecule has 3 aromatic rings. The van der Waals surface area contributed by atoms with Crippen molar-refractivity contribution >= 4 is 17.4 Å². The maximum atomic E-state index is 14.1. The predicted molar refractivity (Wildman–Crippen MR) is 118 cm³/mol. The van der Waals surface area contributed by atoms with E-state index in [-0.39, 0.29) is 23.2 Å². The quantitative estimate of drug-likeness (QED) is 0.439. The Morgan fingerprint density at radius 2 is 1.74 bits per heavy atom. The summed E-state index contributed by atoms with van der Waals surface area (Å²) in [6.45, 7) is 5.28. The number of carbonyl (C=O) groups is 1. The maximum absolute atomic E-state index is 14.1. The van der Waals surface area contributed by atoms with Gasteiger partial charge in [-0.05, 0) is 63.2 Å². The van der Waals surface area contributed by atoms with Gasteiger partial charge in [-0.1, -0.05) is 0 Å². The third-order valence-corrected chi connectivity index (χ3v) is 6.49. The molecule has 1 aromatic heterocycles. The van der Waals surface area contributed by atoms with Crippen molar-refractivity contribution in [3.05, 3.63) is 65.5 Å². The summed E-state index contributed by atoms with van der Waals surface area (Å²) in [6, 6.07) is 7.14. The van der Waals surface area contributed by atoms with Gasteiger partial charge in [-0.2, -0.15) is 0 Å². The van der Waals surface area contributed by atoms with Crippen LogP contribution in [0.5, 0.6) is 0 Å². The van der Waals surface area contributed by atoms with Gasteiger partial charge in [-0.25, -0.2) is 22.5 Å². The number of hydrogen-bond donors (Lipinski definition) is 2. The average molecular weight is 473 g/mol. The van der Waals surface area contributed by atoms with E-state index in [1.54, 1.807) is 4.90 Å². The molecular weight excluding hydrogens is 450 g/mol. The minimum atomic E-state index is -1.56. The van der Waals surface area contributed by atoms with Crippen LogP contribution in [0.4, 0.5) is 29.1 Å². The van der Waals surface area contributed by atoms with Gasteiger partial charge >= 0.3 is 0 Å². The van der Waals surface area contributed by atoms with Gasteiger partial charge in [0.15, 0.2) is 17.5 Å². The number of aromatic nitrogens is 2. The van der Waals surface area contributed by atoms with E-state index in [1.165, 1.54) is 24.3 Å². The Morgan fingerprint density at radius 3 is 2.32 bits per heavy atom. The van der Waals surface area contributed by atoms with Crippen LogP contribution in [0.3, 0.4) is 0 Å². The largest absolute Gasteiger partial charge is 0.340 e. The monoisotopic (exact) mass is 473 g/mol. The van der Waals surface area contributed by atoms with Crippen LogP contribution in [0.15, 0.2) is 36.4 Å². The normalized spacial score (nSPS) is 18.9. The van der Waals surface area contributed by atoms with Crippen LogP contribution >= 0.6 is 0 Å². The van der Waals surface area contributed by atoms with Crippen molar-refractivity contribution in [1.29, 1.82) is 0 Å². The molecule has 0 aliphatic carbocycles. The van der Waals surface area contributed by atoms with E-state index in [1.807, 2.05) is 18.4 Å². The van der Waals surface area contributed by atoms with Crippen molar-refractivity contribution < 1.29 is 22.4 Å². The summed E-state index contributed by atoms with van der Waals surface area (Å²) in [7, 11) is 0. The van der Waals surface area contributed by atoms with Gasteiger partial charge in [0.25, 0.3) is 0 Å². The predicted octanol–water partition coefficient (Wildman–Crippen LogP) is 4.29. The van der Waals surface area contributed by atoms with E-state index in [4.69, 9.17) is 4.98 Å². The topological polar surface area (TPSA) is 62.2 Å². The van der Waals surface area contributed by atoms with Crippen LogP contribution in [0.25, 0.3) is 11.3 Å². The van der Waals surface area contributed by atoms with Crippen molar-refractivity contribution in [2.75, 3.05) is 18.4 Å². The minimum absolute atomic E-state index is 0.0287. The molecule has 1 atom stereocenters. The zero-order chi connectivity index (χ0) is 24.2. The summed E-state index contributed by atoms with van der Waals surface area (Å²) < 4.78 is 57.1. The SMILES string of the molecule is CC1(C)c2nc(-c3cc(F)c(F)c(F)c3)c(Nc3ccc(F)cc3)n2CCN1C(=O)[C@@H]1CCN1. The number of anilines is 2. The van der Waals surface area contributed by atoms with Crippen LogP contribution in [-0.4, -0.2) is 39.5 Å². The molecule has 34 heavy (non-hydrogen) atoms. The van der Waals surface area contributed by atoms with Gasteiger partial charge in [0.05, 0.1) is 11.6 Å². The minimum Gasteiger partial charge on any atom is -0.340 e. The second-order valence-corrected chi connectivity index (χ2v) is 9.01. The number of imidazole rings is 1. The first kappa shape index (κ1) is 22.4. The first-order valence-corrected chi connectivity index (χ1v) is 11.0. The zero-order valence-electron chi connectivity index (χ0n) is 18.6. The van der Waals surface area contributed by atoms with E-state index in [0.29, 0.717) is 30.4 Å². The molecule has 0 saturated carbocycles. The molecular formula is C24H23F4N5O. The average Bonchev–Trinajstić information content (AvgIpc) is 3.11. The summed E-state index contributed by atoms with van der Waals surface area (Å²) in [5, 5.41) is 6.29. The van der Waals surface area contributed by atoms with E-state index in [0.717, 1.165) is 25.1 Å². The highest BCUT2D eigenvalue weighted by Gasteiger charge is 2.44. The van der Waals surface area contributed by atoms with Crippen LogP contribution in [0.2, 0.25) is 0 Å². The van der Waals surface area contributed by atoms with Gasteiger partial charge in [0.1, 0.15) is 23.2 Å². The Labute approximate surface area is 193 Å². The van der Waals surface area contributed by atoms with Gasteiger partial charge in [0.2, 0.25) is 5.91 Å². The molecule has 0 spiro atoms. The van der Waals surface area contributed by atoms with Crippen molar-refractivity contribution in [3.63, 3.8) is 0 Å². The van der Waals surface area contributed by atoms with Gasteiger partial charge < -0.3 is 20.1 Å². The Morgan fingerprint density at radius 1 is 1.09 bits per heavy atom. The Balaban J connectivity index is 1.63. The van der Waals surface area contributed by atoms with Gasteiger partial charge in [0, 0.05) is 24.3 Å². The van der Waals surface area contributed by atoms with Crippen LogP contribution in [0.1, 0.15) is 26.1 Å². The molecule has 0 bridgehead atoms. The molecule has 6 nitrogen and oxygen atoms in total. The molecule has 1 fully saturated rings. The number of carbonyl (C=O) groups excluding carboxylic acids is 1. The highest BCUT2D eigenvalue weighted by Crippen LogP contribution is 2.40. The number of nitrogens with one attached hydrogen (secondary N) is 2. The molecule has 1 saturated heterocycles. The van der Waals surface area contributed by atoms with E-state index < -0.39 is 28.8 Å². The summed E-state index contributed by atoms with van der Waals surface area (Å²) in [4.78, 5) is 19.5. The summed E-state index contributed by atoms with van der Waals surface area (Å²) in [5.74, 6) is -3.75. The number of hydrogen-bond acceptors (Lipinski definition) is 4. The fourth-order valence-electron chi connectivity index (χ4n) is 4.50. The fourth-order valence-corrected chi connectivity index (χ4v) is 4.50. The van der Waals surface area contributed by atoms with Crippen molar-refractivity contribution in [3.8, 4) is 11.3 Å².